The van der Waals surface area contributed by atoms with Crippen molar-refractivity contribution in [1.29, 1.82) is 0 Å². The molecule has 0 saturated heterocycles. The number of alkyl carbamates (subject to hydrolysis) is 1. The summed E-state index contributed by atoms with van der Waals surface area (Å²) in [5.74, 6) is -0.324. The second-order valence-electron chi connectivity index (χ2n) is 5.93. The highest BCUT2D eigenvalue weighted by molar-refractivity contribution is 5.68. The molecule has 0 radical (unpaired) electrons. The van der Waals surface area contributed by atoms with Crippen LogP contribution in [-0.4, -0.2) is 29.3 Å². The van der Waals surface area contributed by atoms with Crippen LogP contribution in [0, 0.1) is 11.8 Å². The zero-order chi connectivity index (χ0) is 13.8. The van der Waals surface area contributed by atoms with Gasteiger partial charge in [-0.05, 0) is 45.4 Å². The second kappa shape index (κ2) is 6.07. The summed E-state index contributed by atoms with van der Waals surface area (Å²) in [6.07, 6.45) is 2.73. The van der Waals surface area contributed by atoms with E-state index in [2.05, 4.69) is 5.32 Å². The minimum atomic E-state index is -0.760. The SMILES string of the molecule is CC(C)(C)OC(=O)NCC1CCCC1CC(=O)O. The van der Waals surface area contributed by atoms with Gasteiger partial charge in [0.05, 0.1) is 0 Å². The molecule has 1 saturated carbocycles. The topological polar surface area (TPSA) is 75.6 Å². The fraction of sp³-hybridized carbons (Fsp3) is 0.846. The number of amides is 1. The number of carbonyl (C=O) groups excluding carboxylic acids is 1. The van der Waals surface area contributed by atoms with Gasteiger partial charge in [-0.15, -0.1) is 0 Å². The van der Waals surface area contributed by atoms with Gasteiger partial charge in [0.15, 0.2) is 0 Å². The largest absolute Gasteiger partial charge is 0.481 e. The monoisotopic (exact) mass is 257 g/mol. The normalized spacial score (nSPS) is 23.7. The third-order valence-electron chi connectivity index (χ3n) is 3.16. The molecule has 1 aliphatic rings. The predicted octanol–water partition coefficient (Wildman–Crippen LogP) is 2.40. The summed E-state index contributed by atoms with van der Waals surface area (Å²) >= 11 is 0. The number of nitrogens with one attached hydrogen (secondary N) is 1. The number of hydrogen-bond acceptors (Lipinski definition) is 3. The average molecular weight is 257 g/mol. The van der Waals surface area contributed by atoms with E-state index in [-0.39, 0.29) is 18.3 Å². The highest BCUT2D eigenvalue weighted by atomic mass is 16.6. The van der Waals surface area contributed by atoms with Crippen molar-refractivity contribution in [3.05, 3.63) is 0 Å². The fourth-order valence-electron chi connectivity index (χ4n) is 2.40. The molecule has 1 amide bonds. The van der Waals surface area contributed by atoms with E-state index in [0.717, 1.165) is 19.3 Å². The number of ether oxygens (including phenoxy) is 1. The Labute approximate surface area is 108 Å². The molecule has 0 aliphatic heterocycles. The first-order valence-electron chi connectivity index (χ1n) is 6.46. The van der Waals surface area contributed by atoms with Crippen molar-refractivity contribution in [2.24, 2.45) is 11.8 Å². The molecule has 1 fully saturated rings. The molecule has 0 bridgehead atoms. The standard InChI is InChI=1S/C13H23NO4/c1-13(2,3)18-12(17)14-8-10-6-4-5-9(10)7-11(15)16/h9-10H,4-8H2,1-3H3,(H,14,17)(H,15,16). The molecule has 18 heavy (non-hydrogen) atoms. The van der Waals surface area contributed by atoms with Gasteiger partial charge in [0.25, 0.3) is 0 Å². The molecule has 5 nitrogen and oxygen atoms in total. The third kappa shape index (κ3) is 5.38. The van der Waals surface area contributed by atoms with Gasteiger partial charge in [0, 0.05) is 13.0 Å². The molecule has 2 N–H and O–H groups in total. The van der Waals surface area contributed by atoms with E-state index in [0.29, 0.717) is 6.54 Å². The Morgan fingerprint density at radius 2 is 1.89 bits per heavy atom. The number of carbonyl (C=O) groups is 2. The van der Waals surface area contributed by atoms with E-state index in [1.807, 2.05) is 20.8 Å². The Kier molecular flexibility index (Phi) is 4.99. The lowest BCUT2D eigenvalue weighted by Crippen LogP contribution is -2.36. The summed E-state index contributed by atoms with van der Waals surface area (Å²) in [4.78, 5) is 22.2. The van der Waals surface area contributed by atoms with Gasteiger partial charge in [-0.3, -0.25) is 4.79 Å². The molecule has 5 heteroatoms. The Bertz CT molecular complexity index is 309. The minimum absolute atomic E-state index is 0.178. The molecule has 0 aromatic heterocycles. The van der Waals surface area contributed by atoms with Crippen LogP contribution in [-0.2, 0) is 9.53 Å². The van der Waals surface area contributed by atoms with Crippen LogP contribution in [0.4, 0.5) is 4.79 Å². The van der Waals surface area contributed by atoms with E-state index in [1.54, 1.807) is 0 Å². The molecular formula is C13H23NO4. The van der Waals surface area contributed by atoms with E-state index < -0.39 is 17.7 Å². The van der Waals surface area contributed by atoms with Crippen molar-refractivity contribution < 1.29 is 19.4 Å². The molecule has 0 heterocycles. The Hall–Kier alpha value is -1.26. The first-order chi connectivity index (χ1) is 8.28. The first-order valence-corrected chi connectivity index (χ1v) is 6.46. The summed E-state index contributed by atoms with van der Waals surface area (Å²) < 4.78 is 5.15. The maximum atomic E-state index is 11.5. The van der Waals surface area contributed by atoms with Gasteiger partial charge < -0.3 is 15.2 Å². The fourth-order valence-corrected chi connectivity index (χ4v) is 2.40. The van der Waals surface area contributed by atoms with E-state index in [9.17, 15) is 9.59 Å². The Balaban J connectivity index is 2.34. The lowest BCUT2D eigenvalue weighted by atomic mass is 9.93. The van der Waals surface area contributed by atoms with Gasteiger partial charge in [-0.1, -0.05) is 6.42 Å². The highest BCUT2D eigenvalue weighted by Crippen LogP contribution is 2.33. The maximum Gasteiger partial charge on any atom is 0.407 e. The van der Waals surface area contributed by atoms with Crippen LogP contribution >= 0.6 is 0 Å². The number of hydrogen-bond donors (Lipinski definition) is 2. The van der Waals surface area contributed by atoms with Crippen molar-refractivity contribution in [3.63, 3.8) is 0 Å². The minimum Gasteiger partial charge on any atom is -0.481 e. The number of carboxylic acids is 1. The molecule has 0 spiro atoms. The number of carboxylic acid groups (broad SMARTS) is 1. The van der Waals surface area contributed by atoms with Gasteiger partial charge in [0.2, 0.25) is 0 Å². The van der Waals surface area contributed by atoms with Crippen LogP contribution in [0.3, 0.4) is 0 Å². The summed E-state index contributed by atoms with van der Waals surface area (Å²) in [5, 5.41) is 11.5. The molecule has 104 valence electrons. The van der Waals surface area contributed by atoms with E-state index in [1.165, 1.54) is 0 Å². The maximum absolute atomic E-state index is 11.5. The predicted molar refractivity (Wildman–Crippen MR) is 67.3 cm³/mol. The van der Waals surface area contributed by atoms with Crippen molar-refractivity contribution in [2.45, 2.75) is 52.1 Å². The van der Waals surface area contributed by atoms with Crippen LogP contribution in [0.15, 0.2) is 0 Å². The Morgan fingerprint density at radius 3 is 2.44 bits per heavy atom. The van der Waals surface area contributed by atoms with E-state index in [4.69, 9.17) is 9.84 Å². The summed E-state index contributed by atoms with van der Waals surface area (Å²) in [7, 11) is 0. The van der Waals surface area contributed by atoms with Crippen molar-refractivity contribution in [1.82, 2.24) is 5.32 Å². The molecule has 2 atom stereocenters. The van der Waals surface area contributed by atoms with Crippen molar-refractivity contribution >= 4 is 12.1 Å². The van der Waals surface area contributed by atoms with E-state index >= 15 is 0 Å². The van der Waals surface area contributed by atoms with Crippen molar-refractivity contribution in [3.8, 4) is 0 Å². The van der Waals surface area contributed by atoms with Gasteiger partial charge in [-0.2, -0.15) is 0 Å². The van der Waals surface area contributed by atoms with Gasteiger partial charge in [-0.25, -0.2) is 4.79 Å². The smallest absolute Gasteiger partial charge is 0.407 e. The van der Waals surface area contributed by atoms with Gasteiger partial charge >= 0.3 is 12.1 Å². The van der Waals surface area contributed by atoms with Crippen LogP contribution in [0.25, 0.3) is 0 Å². The molecular weight excluding hydrogens is 234 g/mol. The Morgan fingerprint density at radius 1 is 1.28 bits per heavy atom. The summed E-state index contributed by atoms with van der Waals surface area (Å²) in [6, 6.07) is 0. The molecule has 0 aromatic rings. The van der Waals surface area contributed by atoms with Gasteiger partial charge in [0.1, 0.15) is 5.60 Å². The van der Waals surface area contributed by atoms with Crippen LogP contribution in [0.1, 0.15) is 46.5 Å². The summed E-state index contributed by atoms with van der Waals surface area (Å²) in [6.45, 7) is 5.95. The molecule has 2 unspecified atom stereocenters. The third-order valence-corrected chi connectivity index (χ3v) is 3.16. The lowest BCUT2D eigenvalue weighted by Gasteiger charge is -2.22. The molecule has 1 aliphatic carbocycles. The highest BCUT2D eigenvalue weighted by Gasteiger charge is 2.29. The lowest BCUT2D eigenvalue weighted by molar-refractivity contribution is -0.138. The molecule has 1 rings (SSSR count). The van der Waals surface area contributed by atoms with Crippen LogP contribution < -0.4 is 5.32 Å². The quantitative estimate of drug-likeness (QED) is 0.811. The summed E-state index contributed by atoms with van der Waals surface area (Å²) in [5.41, 5.74) is -0.500. The van der Waals surface area contributed by atoms with Crippen molar-refractivity contribution in [2.75, 3.05) is 6.54 Å². The van der Waals surface area contributed by atoms with Crippen LogP contribution in [0.5, 0.6) is 0 Å². The first kappa shape index (κ1) is 14.8. The molecule has 0 aromatic carbocycles. The number of aliphatic carboxylic acids is 1. The number of rotatable bonds is 4. The zero-order valence-electron chi connectivity index (χ0n) is 11.4. The average Bonchev–Trinajstić information content (AvgIpc) is 2.58. The second-order valence-corrected chi connectivity index (χ2v) is 5.93. The van der Waals surface area contributed by atoms with Crippen LogP contribution in [0.2, 0.25) is 0 Å². The zero-order valence-corrected chi connectivity index (χ0v) is 11.4.